The zero-order valence-electron chi connectivity index (χ0n) is 8.52. The van der Waals surface area contributed by atoms with Crippen LogP contribution in [-0.2, 0) is 18.0 Å². The Balaban J connectivity index is 1.69. The Morgan fingerprint density at radius 1 is 1.31 bits per heavy atom. The molecule has 2 rings (SSSR count). The highest BCUT2D eigenvalue weighted by atomic mass is 35.5. The summed E-state index contributed by atoms with van der Waals surface area (Å²) in [5, 5.41) is 0.915. The molecule has 5 heteroatoms. The first-order valence-corrected chi connectivity index (χ1v) is 6.03. The lowest BCUT2D eigenvalue weighted by molar-refractivity contribution is 0.0235. The van der Waals surface area contributed by atoms with Gasteiger partial charge in [0.15, 0.2) is 0 Å². The minimum atomic E-state index is 0.542. The van der Waals surface area contributed by atoms with Crippen molar-refractivity contribution in [1.82, 2.24) is 10.5 Å². The van der Waals surface area contributed by atoms with Crippen molar-refractivity contribution in [1.29, 1.82) is 0 Å². The molecular formula is C11H11ClN2OS. The molecule has 0 aliphatic heterocycles. The van der Waals surface area contributed by atoms with Gasteiger partial charge in [-0.25, -0.2) is 4.98 Å². The third-order valence-electron chi connectivity index (χ3n) is 1.93. The SMILES string of the molecule is Clc1cnc(CNOCc2ccccc2)s1. The molecule has 0 radical (unpaired) electrons. The molecule has 84 valence electrons. The molecule has 1 N–H and O–H groups in total. The third-order valence-corrected chi connectivity index (χ3v) is 3.05. The zero-order valence-corrected chi connectivity index (χ0v) is 10.1. The van der Waals surface area contributed by atoms with Crippen LogP contribution in [-0.4, -0.2) is 4.98 Å². The van der Waals surface area contributed by atoms with Gasteiger partial charge in [0.2, 0.25) is 0 Å². The molecule has 0 saturated carbocycles. The van der Waals surface area contributed by atoms with Gasteiger partial charge in [-0.1, -0.05) is 41.9 Å². The molecule has 1 heterocycles. The highest BCUT2D eigenvalue weighted by Gasteiger charge is 1.99. The molecule has 3 nitrogen and oxygen atoms in total. The number of hydroxylamine groups is 1. The Bertz CT molecular complexity index is 433. The molecule has 0 amide bonds. The Morgan fingerprint density at radius 2 is 2.12 bits per heavy atom. The van der Waals surface area contributed by atoms with Crippen molar-refractivity contribution < 1.29 is 4.84 Å². The van der Waals surface area contributed by atoms with Crippen LogP contribution >= 0.6 is 22.9 Å². The van der Waals surface area contributed by atoms with Crippen molar-refractivity contribution in [2.45, 2.75) is 13.2 Å². The van der Waals surface area contributed by atoms with E-state index in [0.29, 0.717) is 17.5 Å². The van der Waals surface area contributed by atoms with Gasteiger partial charge in [0, 0.05) is 0 Å². The van der Waals surface area contributed by atoms with Crippen LogP contribution < -0.4 is 5.48 Å². The van der Waals surface area contributed by atoms with E-state index in [1.807, 2.05) is 30.3 Å². The van der Waals surface area contributed by atoms with Gasteiger partial charge < -0.3 is 0 Å². The molecule has 0 aliphatic carbocycles. The van der Waals surface area contributed by atoms with E-state index in [1.165, 1.54) is 11.3 Å². The number of benzene rings is 1. The van der Waals surface area contributed by atoms with Crippen LogP contribution in [0, 0.1) is 0 Å². The maximum absolute atomic E-state index is 5.76. The van der Waals surface area contributed by atoms with Gasteiger partial charge in [-0.05, 0) is 5.56 Å². The van der Waals surface area contributed by atoms with Crippen molar-refractivity contribution >= 4 is 22.9 Å². The Kier molecular flexibility index (Phi) is 4.30. The van der Waals surface area contributed by atoms with Crippen LogP contribution in [0.5, 0.6) is 0 Å². The van der Waals surface area contributed by atoms with E-state index >= 15 is 0 Å². The fourth-order valence-corrected chi connectivity index (χ4v) is 2.07. The maximum Gasteiger partial charge on any atom is 0.113 e. The number of hydrogen-bond donors (Lipinski definition) is 1. The van der Waals surface area contributed by atoms with E-state index in [9.17, 15) is 0 Å². The van der Waals surface area contributed by atoms with Gasteiger partial charge in [0.05, 0.1) is 19.3 Å². The lowest BCUT2D eigenvalue weighted by Gasteiger charge is -2.03. The Labute approximate surface area is 103 Å². The molecule has 1 aromatic carbocycles. The van der Waals surface area contributed by atoms with Gasteiger partial charge in [0.1, 0.15) is 9.34 Å². The number of halogens is 1. The smallest absolute Gasteiger partial charge is 0.113 e. The van der Waals surface area contributed by atoms with E-state index in [0.717, 1.165) is 10.6 Å². The molecule has 16 heavy (non-hydrogen) atoms. The lowest BCUT2D eigenvalue weighted by atomic mass is 10.2. The molecule has 0 atom stereocenters. The second-order valence-electron chi connectivity index (χ2n) is 3.15. The van der Waals surface area contributed by atoms with E-state index < -0.39 is 0 Å². The minimum absolute atomic E-state index is 0.542. The molecule has 0 bridgehead atoms. The second kappa shape index (κ2) is 5.96. The van der Waals surface area contributed by atoms with E-state index in [1.54, 1.807) is 6.20 Å². The molecule has 2 aromatic rings. The summed E-state index contributed by atoms with van der Waals surface area (Å²) < 4.78 is 0.694. The summed E-state index contributed by atoms with van der Waals surface area (Å²) in [6.07, 6.45) is 1.64. The molecule has 1 aromatic heterocycles. The standard InChI is InChI=1S/C11H11ClN2OS/c12-10-6-13-11(16-10)7-14-15-8-9-4-2-1-3-5-9/h1-6,14H,7-8H2. The third kappa shape index (κ3) is 3.57. The summed E-state index contributed by atoms with van der Waals surface area (Å²) in [6.45, 7) is 1.12. The first kappa shape index (κ1) is 11.5. The fourth-order valence-electron chi connectivity index (χ4n) is 1.19. The molecule has 0 unspecified atom stereocenters. The summed E-state index contributed by atoms with van der Waals surface area (Å²) in [5.41, 5.74) is 3.98. The summed E-state index contributed by atoms with van der Waals surface area (Å²) in [5.74, 6) is 0. The molecule has 0 spiro atoms. The minimum Gasteiger partial charge on any atom is -0.297 e. The normalized spacial score (nSPS) is 10.6. The van der Waals surface area contributed by atoms with Crippen molar-refractivity contribution in [2.75, 3.05) is 0 Å². The molecule has 0 saturated heterocycles. The van der Waals surface area contributed by atoms with E-state index in [4.69, 9.17) is 16.4 Å². The lowest BCUT2D eigenvalue weighted by Crippen LogP contribution is -2.13. The number of aromatic nitrogens is 1. The summed E-state index contributed by atoms with van der Waals surface area (Å²) in [4.78, 5) is 9.41. The number of nitrogens with zero attached hydrogens (tertiary/aromatic N) is 1. The Hall–Kier alpha value is -0.940. The molecule has 0 fully saturated rings. The van der Waals surface area contributed by atoms with Crippen LogP contribution in [0.2, 0.25) is 4.34 Å². The summed E-state index contributed by atoms with van der Waals surface area (Å²) in [7, 11) is 0. The summed E-state index contributed by atoms with van der Waals surface area (Å²) >= 11 is 7.20. The number of thiazole rings is 1. The Morgan fingerprint density at radius 3 is 2.81 bits per heavy atom. The van der Waals surface area contributed by atoms with Crippen molar-refractivity contribution in [3.8, 4) is 0 Å². The first-order valence-electron chi connectivity index (χ1n) is 4.83. The topological polar surface area (TPSA) is 34.2 Å². The van der Waals surface area contributed by atoms with Gasteiger partial charge in [-0.2, -0.15) is 5.48 Å². The van der Waals surface area contributed by atoms with Crippen molar-refractivity contribution in [3.63, 3.8) is 0 Å². The van der Waals surface area contributed by atoms with Crippen molar-refractivity contribution in [3.05, 3.63) is 51.4 Å². The fraction of sp³-hybridized carbons (Fsp3) is 0.182. The summed E-state index contributed by atoms with van der Waals surface area (Å²) in [6, 6.07) is 9.98. The van der Waals surface area contributed by atoms with Crippen molar-refractivity contribution in [2.24, 2.45) is 0 Å². The van der Waals surface area contributed by atoms with Crippen LogP contribution in [0.4, 0.5) is 0 Å². The van der Waals surface area contributed by atoms with Gasteiger partial charge in [-0.3, -0.25) is 4.84 Å². The monoisotopic (exact) mass is 254 g/mol. The second-order valence-corrected chi connectivity index (χ2v) is 4.90. The maximum atomic E-state index is 5.76. The zero-order chi connectivity index (χ0) is 11.2. The predicted octanol–water partition coefficient (Wildman–Crippen LogP) is 3.02. The van der Waals surface area contributed by atoms with Gasteiger partial charge >= 0.3 is 0 Å². The van der Waals surface area contributed by atoms with E-state index in [2.05, 4.69) is 10.5 Å². The number of rotatable bonds is 5. The predicted molar refractivity (Wildman–Crippen MR) is 65.2 cm³/mol. The highest BCUT2D eigenvalue weighted by molar-refractivity contribution is 7.15. The van der Waals surface area contributed by atoms with E-state index in [-0.39, 0.29) is 0 Å². The number of nitrogens with one attached hydrogen (secondary N) is 1. The molecular weight excluding hydrogens is 244 g/mol. The van der Waals surface area contributed by atoms with Crippen LogP contribution in [0.1, 0.15) is 10.6 Å². The molecule has 0 aliphatic rings. The van der Waals surface area contributed by atoms with Crippen LogP contribution in [0.3, 0.4) is 0 Å². The largest absolute Gasteiger partial charge is 0.297 e. The van der Waals surface area contributed by atoms with Gasteiger partial charge in [-0.15, -0.1) is 11.3 Å². The number of hydrogen-bond acceptors (Lipinski definition) is 4. The quantitative estimate of drug-likeness (QED) is 0.658. The van der Waals surface area contributed by atoms with Crippen LogP contribution in [0.15, 0.2) is 36.5 Å². The average Bonchev–Trinajstić information content (AvgIpc) is 2.72. The van der Waals surface area contributed by atoms with Gasteiger partial charge in [0.25, 0.3) is 0 Å². The van der Waals surface area contributed by atoms with Crippen LogP contribution in [0.25, 0.3) is 0 Å². The highest BCUT2D eigenvalue weighted by Crippen LogP contribution is 2.17. The average molecular weight is 255 g/mol. The first-order chi connectivity index (χ1) is 7.84.